The molecule has 0 bridgehead atoms. The lowest BCUT2D eigenvalue weighted by Crippen LogP contribution is -2.52. The summed E-state index contributed by atoms with van der Waals surface area (Å²) in [7, 11) is 1.63. The van der Waals surface area contributed by atoms with Gasteiger partial charge in [0.25, 0.3) is 0 Å². The van der Waals surface area contributed by atoms with Gasteiger partial charge in [0, 0.05) is 39.1 Å². The van der Waals surface area contributed by atoms with Crippen molar-refractivity contribution in [1.82, 2.24) is 24.1 Å². The van der Waals surface area contributed by atoms with Crippen LogP contribution in [-0.4, -0.2) is 62.1 Å². The first kappa shape index (κ1) is 14.8. The molecule has 0 radical (unpaired) electrons. The van der Waals surface area contributed by atoms with Crippen LogP contribution in [0.3, 0.4) is 0 Å². The first-order chi connectivity index (χ1) is 10.5. The molecular formula is C14H21N5O3. The van der Waals surface area contributed by atoms with E-state index in [-0.39, 0.29) is 30.0 Å². The first-order valence-electron chi connectivity index (χ1n) is 7.64. The van der Waals surface area contributed by atoms with E-state index in [0.29, 0.717) is 32.0 Å². The van der Waals surface area contributed by atoms with Crippen LogP contribution in [0.5, 0.6) is 0 Å². The topological polar surface area (TPSA) is 80.4 Å². The smallest absolute Gasteiger partial charge is 0.339 e. The third-order valence-electron chi connectivity index (χ3n) is 4.41. The predicted octanol–water partition coefficient (Wildman–Crippen LogP) is -1.03. The van der Waals surface area contributed by atoms with Gasteiger partial charge in [-0.25, -0.2) is 9.48 Å². The van der Waals surface area contributed by atoms with Crippen molar-refractivity contribution in [2.45, 2.75) is 26.3 Å². The lowest BCUT2D eigenvalue weighted by atomic mass is 10.2. The maximum absolute atomic E-state index is 12.3. The molecule has 1 aliphatic heterocycles. The second kappa shape index (κ2) is 5.58. The molecule has 1 aliphatic carbocycles. The van der Waals surface area contributed by atoms with Crippen molar-refractivity contribution in [1.29, 1.82) is 0 Å². The van der Waals surface area contributed by atoms with Crippen LogP contribution >= 0.6 is 0 Å². The van der Waals surface area contributed by atoms with E-state index in [2.05, 4.69) is 5.10 Å². The zero-order valence-corrected chi connectivity index (χ0v) is 13.0. The lowest BCUT2D eigenvalue weighted by Gasteiger charge is -2.34. The highest BCUT2D eigenvalue weighted by Gasteiger charge is 2.35. The molecule has 8 nitrogen and oxygen atoms in total. The Kier molecular flexibility index (Phi) is 3.76. The van der Waals surface area contributed by atoms with Crippen molar-refractivity contribution in [3.8, 4) is 0 Å². The van der Waals surface area contributed by atoms with Crippen LogP contribution in [0.15, 0.2) is 4.79 Å². The largest absolute Gasteiger partial charge is 0.346 e. The quantitative estimate of drug-likeness (QED) is 0.715. The van der Waals surface area contributed by atoms with Gasteiger partial charge in [0.2, 0.25) is 11.8 Å². The van der Waals surface area contributed by atoms with Crippen molar-refractivity contribution in [2.24, 2.45) is 13.0 Å². The van der Waals surface area contributed by atoms with Crippen LogP contribution in [0.1, 0.15) is 18.7 Å². The highest BCUT2D eigenvalue weighted by molar-refractivity contribution is 5.81. The van der Waals surface area contributed by atoms with Crippen LogP contribution in [0, 0.1) is 12.8 Å². The summed E-state index contributed by atoms with van der Waals surface area (Å²) in [4.78, 5) is 39.7. The van der Waals surface area contributed by atoms with E-state index in [4.69, 9.17) is 0 Å². The van der Waals surface area contributed by atoms with Gasteiger partial charge in [-0.3, -0.25) is 14.2 Å². The van der Waals surface area contributed by atoms with Crippen molar-refractivity contribution >= 4 is 11.8 Å². The van der Waals surface area contributed by atoms with Crippen LogP contribution < -0.4 is 5.69 Å². The van der Waals surface area contributed by atoms with E-state index in [1.807, 2.05) is 4.90 Å². The lowest BCUT2D eigenvalue weighted by molar-refractivity contribution is -0.140. The summed E-state index contributed by atoms with van der Waals surface area (Å²) >= 11 is 0. The van der Waals surface area contributed by atoms with Gasteiger partial charge in [-0.1, -0.05) is 0 Å². The Morgan fingerprint density at radius 1 is 1.14 bits per heavy atom. The highest BCUT2D eigenvalue weighted by atomic mass is 16.2. The van der Waals surface area contributed by atoms with Gasteiger partial charge >= 0.3 is 5.69 Å². The van der Waals surface area contributed by atoms with E-state index in [1.54, 1.807) is 18.9 Å². The minimum Gasteiger partial charge on any atom is -0.339 e. The van der Waals surface area contributed by atoms with Gasteiger partial charge in [-0.15, -0.1) is 0 Å². The molecule has 0 atom stereocenters. The average molecular weight is 307 g/mol. The number of carbonyl (C=O) groups excluding carboxylic acids is 2. The maximum atomic E-state index is 12.3. The summed E-state index contributed by atoms with van der Waals surface area (Å²) < 4.78 is 2.61. The molecule has 3 rings (SSSR count). The standard InChI is InChI=1S/C14H21N5O3/c1-10-15-19(14(22)16(10)2)9-12(20)17-5-7-18(8-6-17)13(21)11-3-4-11/h11H,3-9H2,1-2H3. The van der Waals surface area contributed by atoms with E-state index in [1.165, 1.54) is 9.25 Å². The Morgan fingerprint density at radius 3 is 2.23 bits per heavy atom. The summed E-state index contributed by atoms with van der Waals surface area (Å²) in [6.07, 6.45) is 2.00. The second-order valence-electron chi connectivity index (χ2n) is 6.03. The molecule has 2 fully saturated rings. The van der Waals surface area contributed by atoms with Crippen LogP contribution in [0.2, 0.25) is 0 Å². The first-order valence-corrected chi connectivity index (χ1v) is 7.64. The van der Waals surface area contributed by atoms with E-state index >= 15 is 0 Å². The number of rotatable bonds is 3. The zero-order valence-electron chi connectivity index (χ0n) is 13.0. The summed E-state index contributed by atoms with van der Waals surface area (Å²) in [6.45, 7) is 3.89. The van der Waals surface area contributed by atoms with Crippen molar-refractivity contribution in [2.75, 3.05) is 26.2 Å². The monoisotopic (exact) mass is 307 g/mol. The van der Waals surface area contributed by atoms with Gasteiger partial charge in [0.05, 0.1) is 0 Å². The molecule has 22 heavy (non-hydrogen) atoms. The third kappa shape index (κ3) is 2.77. The van der Waals surface area contributed by atoms with E-state index in [9.17, 15) is 14.4 Å². The Balaban J connectivity index is 1.56. The minimum absolute atomic E-state index is 0.0446. The molecular weight excluding hydrogens is 286 g/mol. The van der Waals surface area contributed by atoms with E-state index in [0.717, 1.165) is 12.8 Å². The molecule has 120 valence electrons. The molecule has 0 N–H and O–H groups in total. The maximum Gasteiger partial charge on any atom is 0.346 e. The van der Waals surface area contributed by atoms with Crippen molar-refractivity contribution in [3.63, 3.8) is 0 Å². The number of aromatic nitrogens is 3. The van der Waals surface area contributed by atoms with Crippen LogP contribution in [-0.2, 0) is 23.2 Å². The zero-order chi connectivity index (χ0) is 15.9. The third-order valence-corrected chi connectivity index (χ3v) is 4.41. The molecule has 0 unspecified atom stereocenters. The average Bonchev–Trinajstić information content (AvgIpc) is 3.33. The number of aryl methyl sites for hydroxylation is 1. The molecule has 0 spiro atoms. The molecule has 2 heterocycles. The van der Waals surface area contributed by atoms with Gasteiger partial charge < -0.3 is 9.80 Å². The number of hydrogen-bond acceptors (Lipinski definition) is 4. The number of piperazine rings is 1. The fourth-order valence-corrected chi connectivity index (χ4v) is 2.69. The fraction of sp³-hybridized carbons (Fsp3) is 0.714. The molecule has 1 aromatic heterocycles. The van der Waals surface area contributed by atoms with Gasteiger partial charge in [0.1, 0.15) is 12.4 Å². The second-order valence-corrected chi connectivity index (χ2v) is 6.03. The normalized spacial score (nSPS) is 18.6. The summed E-state index contributed by atoms with van der Waals surface area (Å²) in [6, 6.07) is 0. The molecule has 8 heteroatoms. The van der Waals surface area contributed by atoms with Gasteiger partial charge in [0.15, 0.2) is 0 Å². The van der Waals surface area contributed by atoms with Crippen LogP contribution in [0.4, 0.5) is 0 Å². The molecule has 2 amide bonds. The SMILES string of the molecule is Cc1nn(CC(=O)N2CCN(C(=O)C3CC3)CC2)c(=O)n1C. The number of amides is 2. The molecule has 1 aromatic rings. The number of carbonyl (C=O) groups is 2. The Bertz CT molecular complexity index is 650. The Hall–Kier alpha value is -2.12. The van der Waals surface area contributed by atoms with Crippen molar-refractivity contribution < 1.29 is 9.59 Å². The van der Waals surface area contributed by atoms with Gasteiger partial charge in [-0.2, -0.15) is 5.10 Å². The summed E-state index contributed by atoms with van der Waals surface area (Å²) in [5.41, 5.74) is -0.284. The number of hydrogen-bond donors (Lipinski definition) is 0. The van der Waals surface area contributed by atoms with E-state index < -0.39 is 0 Å². The Labute approximate surface area is 128 Å². The summed E-state index contributed by atoms with van der Waals surface area (Å²) in [5.74, 6) is 0.900. The molecule has 1 saturated carbocycles. The van der Waals surface area contributed by atoms with Crippen LogP contribution in [0.25, 0.3) is 0 Å². The number of nitrogens with zero attached hydrogens (tertiary/aromatic N) is 5. The fourth-order valence-electron chi connectivity index (χ4n) is 2.69. The minimum atomic E-state index is -0.284. The molecule has 1 saturated heterocycles. The predicted molar refractivity (Wildman–Crippen MR) is 78.1 cm³/mol. The summed E-state index contributed by atoms with van der Waals surface area (Å²) in [5, 5.41) is 4.07. The molecule has 2 aliphatic rings. The molecule has 0 aromatic carbocycles. The van der Waals surface area contributed by atoms with Crippen molar-refractivity contribution in [3.05, 3.63) is 16.3 Å². The van der Waals surface area contributed by atoms with Gasteiger partial charge in [-0.05, 0) is 19.8 Å². The Morgan fingerprint density at radius 2 is 1.73 bits per heavy atom. The highest BCUT2D eigenvalue weighted by Crippen LogP contribution is 2.31.